The average molecular weight is 299 g/mol. The largest absolute Gasteiger partial charge is 0.492 e. The number of nitrogens with two attached hydrogens (primary N) is 1. The Morgan fingerprint density at radius 2 is 2.00 bits per heavy atom. The highest BCUT2D eigenvalue weighted by Gasteiger charge is 2.11. The van der Waals surface area contributed by atoms with Crippen LogP contribution < -0.4 is 15.8 Å². The molecule has 0 saturated carbocycles. The standard InChI is InChI=1S/C14H13ClF2N2O/c1-2-20-13-7-9(3-4-12(13)18)19-14-10(15)5-8(16)6-11(14)17/h3-7,19H,2,18H2,1H3. The van der Waals surface area contributed by atoms with Gasteiger partial charge >= 0.3 is 0 Å². The summed E-state index contributed by atoms with van der Waals surface area (Å²) in [4.78, 5) is 0. The van der Waals surface area contributed by atoms with E-state index in [2.05, 4.69) is 5.32 Å². The van der Waals surface area contributed by atoms with Gasteiger partial charge in [0.1, 0.15) is 11.6 Å². The second kappa shape index (κ2) is 5.96. The zero-order valence-corrected chi connectivity index (χ0v) is 11.5. The van der Waals surface area contributed by atoms with Gasteiger partial charge in [0, 0.05) is 17.8 Å². The Balaban J connectivity index is 2.33. The smallest absolute Gasteiger partial charge is 0.151 e. The molecule has 0 fully saturated rings. The molecule has 2 aromatic carbocycles. The molecule has 106 valence electrons. The Labute approximate surface area is 120 Å². The molecule has 0 spiro atoms. The van der Waals surface area contributed by atoms with Gasteiger partial charge in [-0.2, -0.15) is 0 Å². The van der Waals surface area contributed by atoms with Crippen molar-refractivity contribution in [2.45, 2.75) is 6.92 Å². The number of nitrogens with one attached hydrogen (secondary N) is 1. The molecule has 0 atom stereocenters. The van der Waals surface area contributed by atoms with Crippen molar-refractivity contribution in [3.63, 3.8) is 0 Å². The number of halogens is 3. The number of hydrogen-bond acceptors (Lipinski definition) is 3. The van der Waals surface area contributed by atoms with E-state index in [4.69, 9.17) is 22.1 Å². The SMILES string of the molecule is CCOc1cc(Nc2c(F)cc(F)cc2Cl)ccc1N. The number of ether oxygens (including phenoxy) is 1. The summed E-state index contributed by atoms with van der Waals surface area (Å²) in [6, 6.07) is 6.69. The van der Waals surface area contributed by atoms with Crippen molar-refractivity contribution in [2.75, 3.05) is 17.7 Å². The quantitative estimate of drug-likeness (QED) is 0.825. The van der Waals surface area contributed by atoms with E-state index in [-0.39, 0.29) is 10.7 Å². The van der Waals surface area contributed by atoms with E-state index in [0.29, 0.717) is 23.7 Å². The van der Waals surface area contributed by atoms with Gasteiger partial charge in [0.05, 0.1) is 23.0 Å². The lowest BCUT2D eigenvalue weighted by atomic mass is 10.2. The van der Waals surface area contributed by atoms with E-state index in [1.54, 1.807) is 18.2 Å². The van der Waals surface area contributed by atoms with Crippen molar-refractivity contribution in [2.24, 2.45) is 0 Å². The Morgan fingerprint density at radius 1 is 1.25 bits per heavy atom. The molecule has 0 aliphatic rings. The Hall–Kier alpha value is -2.01. The lowest BCUT2D eigenvalue weighted by molar-refractivity contribution is 0.342. The van der Waals surface area contributed by atoms with Crippen molar-refractivity contribution < 1.29 is 13.5 Å². The molecule has 0 aliphatic carbocycles. The number of benzene rings is 2. The first-order valence-corrected chi connectivity index (χ1v) is 6.33. The minimum absolute atomic E-state index is 0.000265. The molecule has 20 heavy (non-hydrogen) atoms. The van der Waals surface area contributed by atoms with Gasteiger partial charge in [-0.15, -0.1) is 0 Å². The van der Waals surface area contributed by atoms with Crippen molar-refractivity contribution >= 4 is 28.7 Å². The molecular weight excluding hydrogens is 286 g/mol. The molecule has 3 N–H and O–H groups in total. The van der Waals surface area contributed by atoms with Crippen LogP contribution in [0.4, 0.5) is 25.8 Å². The lowest BCUT2D eigenvalue weighted by Crippen LogP contribution is -2.00. The second-order valence-corrected chi connectivity index (χ2v) is 4.46. The van der Waals surface area contributed by atoms with Crippen LogP contribution in [-0.4, -0.2) is 6.61 Å². The summed E-state index contributed by atoms with van der Waals surface area (Å²) >= 11 is 5.82. The molecule has 2 rings (SSSR count). The molecule has 0 aliphatic heterocycles. The van der Waals surface area contributed by atoms with Crippen molar-refractivity contribution in [3.8, 4) is 5.75 Å². The first kappa shape index (κ1) is 14.4. The minimum atomic E-state index is -0.773. The van der Waals surface area contributed by atoms with Crippen LogP contribution in [0.5, 0.6) is 5.75 Å². The van der Waals surface area contributed by atoms with Crippen LogP contribution in [0.25, 0.3) is 0 Å². The third-order valence-corrected chi connectivity index (χ3v) is 2.89. The fourth-order valence-electron chi connectivity index (χ4n) is 1.70. The van der Waals surface area contributed by atoms with Crippen LogP contribution in [0.15, 0.2) is 30.3 Å². The zero-order chi connectivity index (χ0) is 14.7. The van der Waals surface area contributed by atoms with Crippen molar-refractivity contribution in [1.82, 2.24) is 0 Å². The molecule has 0 heterocycles. The average Bonchev–Trinajstić information content (AvgIpc) is 2.37. The van der Waals surface area contributed by atoms with E-state index < -0.39 is 11.6 Å². The molecule has 2 aromatic rings. The van der Waals surface area contributed by atoms with E-state index >= 15 is 0 Å². The fraction of sp³-hybridized carbons (Fsp3) is 0.143. The Kier molecular flexibility index (Phi) is 4.29. The monoisotopic (exact) mass is 298 g/mol. The lowest BCUT2D eigenvalue weighted by Gasteiger charge is -2.12. The molecule has 0 aromatic heterocycles. The van der Waals surface area contributed by atoms with Gasteiger partial charge in [-0.3, -0.25) is 0 Å². The van der Waals surface area contributed by atoms with Crippen LogP contribution in [0.2, 0.25) is 5.02 Å². The van der Waals surface area contributed by atoms with Crippen molar-refractivity contribution in [3.05, 3.63) is 47.0 Å². The topological polar surface area (TPSA) is 47.3 Å². The maximum Gasteiger partial charge on any atom is 0.151 e. The van der Waals surface area contributed by atoms with E-state index in [1.165, 1.54) is 0 Å². The summed E-state index contributed by atoms with van der Waals surface area (Å²) < 4.78 is 32.0. The first-order valence-electron chi connectivity index (χ1n) is 5.95. The Bertz CT molecular complexity index is 612. The summed E-state index contributed by atoms with van der Waals surface area (Å²) in [6.45, 7) is 2.29. The minimum Gasteiger partial charge on any atom is -0.492 e. The molecule has 0 radical (unpaired) electrons. The summed E-state index contributed by atoms with van der Waals surface area (Å²) in [7, 11) is 0. The highest BCUT2D eigenvalue weighted by atomic mass is 35.5. The summed E-state index contributed by atoms with van der Waals surface area (Å²) in [5.41, 5.74) is 6.76. The highest BCUT2D eigenvalue weighted by Crippen LogP contribution is 2.32. The van der Waals surface area contributed by atoms with Crippen LogP contribution >= 0.6 is 11.6 Å². The molecule has 3 nitrogen and oxygen atoms in total. The van der Waals surface area contributed by atoms with Crippen LogP contribution in [-0.2, 0) is 0 Å². The molecule has 0 amide bonds. The van der Waals surface area contributed by atoms with E-state index in [9.17, 15) is 8.78 Å². The fourth-order valence-corrected chi connectivity index (χ4v) is 1.94. The molecule has 0 saturated heterocycles. The van der Waals surface area contributed by atoms with Crippen LogP contribution in [0.1, 0.15) is 6.92 Å². The van der Waals surface area contributed by atoms with E-state index in [0.717, 1.165) is 12.1 Å². The maximum absolute atomic E-state index is 13.7. The first-order chi connectivity index (χ1) is 9.51. The number of anilines is 3. The van der Waals surface area contributed by atoms with Gasteiger partial charge in [0.2, 0.25) is 0 Å². The second-order valence-electron chi connectivity index (χ2n) is 4.06. The summed E-state index contributed by atoms with van der Waals surface area (Å²) in [5, 5.41) is 2.74. The van der Waals surface area contributed by atoms with E-state index in [1.807, 2.05) is 6.92 Å². The highest BCUT2D eigenvalue weighted by molar-refractivity contribution is 6.33. The third-order valence-electron chi connectivity index (χ3n) is 2.59. The molecule has 6 heteroatoms. The third kappa shape index (κ3) is 3.11. The van der Waals surface area contributed by atoms with Gasteiger partial charge in [-0.05, 0) is 25.1 Å². The molecular formula is C14H13ClF2N2O. The van der Waals surface area contributed by atoms with Gasteiger partial charge in [0.15, 0.2) is 5.82 Å². The maximum atomic E-state index is 13.7. The van der Waals surface area contributed by atoms with Crippen molar-refractivity contribution in [1.29, 1.82) is 0 Å². The normalized spacial score (nSPS) is 10.4. The molecule has 0 bridgehead atoms. The number of rotatable bonds is 4. The predicted octanol–water partition coefficient (Wildman–Crippen LogP) is 4.34. The van der Waals surface area contributed by atoms with Gasteiger partial charge in [-0.25, -0.2) is 8.78 Å². The van der Waals surface area contributed by atoms with Gasteiger partial charge in [0.25, 0.3) is 0 Å². The van der Waals surface area contributed by atoms with Crippen LogP contribution in [0, 0.1) is 11.6 Å². The zero-order valence-electron chi connectivity index (χ0n) is 10.7. The molecule has 0 unspecified atom stereocenters. The number of hydrogen-bond donors (Lipinski definition) is 2. The van der Waals surface area contributed by atoms with Gasteiger partial charge < -0.3 is 15.8 Å². The van der Waals surface area contributed by atoms with Crippen LogP contribution in [0.3, 0.4) is 0 Å². The van der Waals surface area contributed by atoms with Gasteiger partial charge in [-0.1, -0.05) is 11.6 Å². The Morgan fingerprint density at radius 3 is 2.65 bits per heavy atom. The summed E-state index contributed by atoms with van der Waals surface area (Å²) in [6.07, 6.45) is 0. The predicted molar refractivity (Wildman–Crippen MR) is 76.7 cm³/mol. The summed E-state index contributed by atoms with van der Waals surface area (Å²) in [5.74, 6) is -1.02. The number of nitrogen functional groups attached to an aromatic ring is 1.